The largest absolute Gasteiger partial charge is 0.542 e. The first-order valence-corrected chi connectivity index (χ1v) is 6.42. The lowest BCUT2D eigenvalue weighted by molar-refractivity contribution is -0.514. The third-order valence-corrected chi connectivity index (χ3v) is 1.17. The number of hydrogen-bond acceptors (Lipinski definition) is 7. The van der Waals surface area contributed by atoms with Gasteiger partial charge in [-0.25, -0.2) is 19.5 Å². The summed E-state index contributed by atoms with van der Waals surface area (Å²) in [6.07, 6.45) is 2.07. The number of carbonyl (C=O) groups is 1. The zero-order valence-electron chi connectivity index (χ0n) is 13.4. The zero-order valence-corrected chi connectivity index (χ0v) is 13.4. The van der Waals surface area contributed by atoms with Crippen molar-refractivity contribution in [3.8, 4) is 0 Å². The van der Waals surface area contributed by atoms with Crippen LogP contribution < -0.4 is 0 Å². The molecule has 0 aromatic heterocycles. The van der Waals surface area contributed by atoms with Gasteiger partial charge in [0.25, 0.3) is 0 Å². The molecule has 0 aliphatic heterocycles. The van der Waals surface area contributed by atoms with Gasteiger partial charge in [-0.3, -0.25) is 0 Å². The summed E-state index contributed by atoms with van der Waals surface area (Å²) in [5, 5.41) is 4.19. The molecule has 0 saturated heterocycles. The third-order valence-electron chi connectivity index (χ3n) is 1.17. The Hall–Kier alpha value is -1.41. The lowest BCUT2D eigenvalue weighted by atomic mass is 10.2. The highest BCUT2D eigenvalue weighted by Gasteiger charge is 2.15. The van der Waals surface area contributed by atoms with Crippen molar-refractivity contribution in [2.24, 2.45) is 0 Å². The molecule has 0 radical (unpaired) electrons. The van der Waals surface area contributed by atoms with Crippen molar-refractivity contribution >= 4 is 6.16 Å². The number of carbonyl (C=O) groups excluding carboxylic acids is 1. The summed E-state index contributed by atoms with van der Waals surface area (Å²) < 4.78 is 4.60. The monoisotopic (exact) mass is 306 g/mol. The maximum absolute atomic E-state index is 10.7. The van der Waals surface area contributed by atoms with Crippen molar-refractivity contribution in [2.45, 2.75) is 46.3 Å². The van der Waals surface area contributed by atoms with E-state index < -0.39 is 11.8 Å². The maximum atomic E-state index is 10.7. The number of ether oxygens (including phenoxy) is 1. The minimum absolute atomic E-state index is 0.245. The van der Waals surface area contributed by atoms with Crippen LogP contribution in [0.4, 0.5) is 4.79 Å². The van der Waals surface area contributed by atoms with Gasteiger partial charge in [0.05, 0.1) is 11.7 Å². The quantitative estimate of drug-likeness (QED) is 0.223. The molecule has 0 saturated carbocycles. The molecule has 0 aromatic rings. The molecular weight excluding hydrogens is 280 g/mol. The van der Waals surface area contributed by atoms with Gasteiger partial charge in [-0.1, -0.05) is 12.2 Å². The minimum atomic E-state index is -0.917. The summed E-state index contributed by atoms with van der Waals surface area (Å²) in [6.45, 7) is 16.4. The van der Waals surface area contributed by atoms with E-state index in [-0.39, 0.29) is 6.10 Å². The molecular formula is C14H26O7. The predicted octanol–water partition coefficient (Wildman–Crippen LogP) is 3.52. The van der Waals surface area contributed by atoms with E-state index in [9.17, 15) is 4.79 Å². The van der Waals surface area contributed by atoms with Crippen LogP contribution in [0.15, 0.2) is 25.3 Å². The molecule has 0 unspecified atom stereocenters. The topological polar surface area (TPSA) is 72.5 Å². The summed E-state index contributed by atoms with van der Waals surface area (Å²) in [7, 11) is 0. The highest BCUT2D eigenvalue weighted by atomic mass is 17.5. The Morgan fingerprint density at radius 3 is 1.90 bits per heavy atom. The number of rotatable bonds is 8. The average Bonchev–Trinajstić information content (AvgIpc) is 2.33. The average molecular weight is 306 g/mol. The van der Waals surface area contributed by atoms with E-state index in [2.05, 4.69) is 42.5 Å². The Kier molecular flexibility index (Phi) is 14.1. The molecule has 0 aliphatic carbocycles. The van der Waals surface area contributed by atoms with Crippen LogP contribution in [0.3, 0.4) is 0 Å². The smallest absolute Gasteiger partial charge is 0.430 e. The molecule has 0 aliphatic rings. The molecule has 0 fully saturated rings. The normalized spacial score (nSPS) is 10.4. The van der Waals surface area contributed by atoms with Crippen LogP contribution in [0.5, 0.6) is 0 Å². The van der Waals surface area contributed by atoms with E-state index in [0.29, 0.717) is 13.2 Å². The molecule has 7 heteroatoms. The highest BCUT2D eigenvalue weighted by Crippen LogP contribution is 2.07. The molecule has 0 aromatic carbocycles. The molecule has 0 atom stereocenters. The van der Waals surface area contributed by atoms with Crippen LogP contribution in [0, 0.1) is 0 Å². The van der Waals surface area contributed by atoms with E-state index in [4.69, 9.17) is 0 Å². The van der Waals surface area contributed by atoms with Crippen LogP contribution in [0.1, 0.15) is 34.6 Å². The van der Waals surface area contributed by atoms with Crippen molar-refractivity contribution in [1.29, 1.82) is 0 Å². The van der Waals surface area contributed by atoms with E-state index in [0.717, 1.165) is 0 Å². The predicted molar refractivity (Wildman–Crippen MR) is 76.9 cm³/mol. The Balaban J connectivity index is 0. The summed E-state index contributed by atoms with van der Waals surface area (Å²) in [6, 6.07) is 0. The zero-order chi connectivity index (χ0) is 16.7. The van der Waals surface area contributed by atoms with Crippen molar-refractivity contribution in [3.63, 3.8) is 0 Å². The molecule has 0 spiro atoms. The van der Waals surface area contributed by atoms with Gasteiger partial charge in [0, 0.05) is 0 Å². The van der Waals surface area contributed by atoms with Crippen LogP contribution in [0.2, 0.25) is 0 Å². The summed E-state index contributed by atoms with van der Waals surface area (Å²) in [4.78, 5) is 28.6. The Morgan fingerprint density at radius 2 is 1.57 bits per heavy atom. The highest BCUT2D eigenvalue weighted by molar-refractivity contribution is 5.59. The molecule has 0 heterocycles. The van der Waals surface area contributed by atoms with Crippen molar-refractivity contribution < 1.29 is 34.1 Å². The number of hydrogen-bond donors (Lipinski definition) is 0. The first kappa shape index (κ1) is 21.9. The summed E-state index contributed by atoms with van der Waals surface area (Å²) in [5.74, 6) is 0. The van der Waals surface area contributed by atoms with Crippen molar-refractivity contribution in [1.82, 2.24) is 0 Å². The Labute approximate surface area is 126 Å². The second-order valence-electron chi connectivity index (χ2n) is 4.91. The standard InChI is InChI=1S/C8H16O5.C6H10O2/c1-6(2)10-7(9)11-13-12-8(3,4)5;1-3-5-7-8-6-4-2/h6H,1-5H3;3-4H,1-2,5-6H2. The molecule has 21 heavy (non-hydrogen) atoms. The van der Waals surface area contributed by atoms with Crippen LogP contribution >= 0.6 is 0 Å². The fourth-order valence-corrected chi connectivity index (χ4v) is 0.551. The van der Waals surface area contributed by atoms with Gasteiger partial charge in [-0.15, -0.1) is 13.2 Å². The molecule has 0 N–H and O–H groups in total. The first-order valence-electron chi connectivity index (χ1n) is 6.42. The second-order valence-corrected chi connectivity index (χ2v) is 4.91. The van der Waals surface area contributed by atoms with Gasteiger partial charge in [-0.05, 0) is 39.7 Å². The van der Waals surface area contributed by atoms with Crippen LogP contribution in [0.25, 0.3) is 0 Å². The molecule has 0 amide bonds. The van der Waals surface area contributed by atoms with E-state index >= 15 is 0 Å². The van der Waals surface area contributed by atoms with Gasteiger partial charge >= 0.3 is 6.16 Å². The first-order chi connectivity index (χ1) is 9.72. The summed E-state index contributed by atoms with van der Waals surface area (Å²) in [5.41, 5.74) is -0.530. The van der Waals surface area contributed by atoms with E-state index in [1.807, 2.05) is 0 Å². The van der Waals surface area contributed by atoms with Gasteiger partial charge in [0.15, 0.2) is 0 Å². The fourth-order valence-electron chi connectivity index (χ4n) is 0.551. The third kappa shape index (κ3) is 24.0. The molecule has 0 bridgehead atoms. The molecule has 0 rings (SSSR count). The fraction of sp³-hybridized carbons (Fsp3) is 0.643. The van der Waals surface area contributed by atoms with Gasteiger partial charge < -0.3 is 4.74 Å². The maximum Gasteiger partial charge on any atom is 0.542 e. The van der Waals surface area contributed by atoms with E-state index in [1.165, 1.54) is 0 Å². The lowest BCUT2D eigenvalue weighted by Gasteiger charge is -2.15. The van der Waals surface area contributed by atoms with Crippen LogP contribution in [-0.4, -0.2) is 31.1 Å². The molecule has 7 nitrogen and oxygen atoms in total. The van der Waals surface area contributed by atoms with Gasteiger partial charge in [0.1, 0.15) is 13.2 Å². The van der Waals surface area contributed by atoms with Crippen molar-refractivity contribution in [3.05, 3.63) is 25.3 Å². The Bertz CT molecular complexity index is 272. The molecule has 124 valence electrons. The second kappa shape index (κ2) is 13.6. The SMILES string of the molecule is C=CCOOCC=C.CC(C)OC(=O)OOOC(C)(C)C. The van der Waals surface area contributed by atoms with E-state index in [1.54, 1.807) is 46.8 Å². The Morgan fingerprint density at radius 1 is 1.10 bits per heavy atom. The van der Waals surface area contributed by atoms with Gasteiger partial charge in [0.2, 0.25) is 0 Å². The minimum Gasteiger partial charge on any atom is -0.430 e. The van der Waals surface area contributed by atoms with Crippen molar-refractivity contribution in [2.75, 3.05) is 13.2 Å². The van der Waals surface area contributed by atoms with Crippen LogP contribution in [-0.2, 0) is 29.3 Å². The lowest BCUT2D eigenvalue weighted by Crippen LogP contribution is -2.21. The summed E-state index contributed by atoms with van der Waals surface area (Å²) >= 11 is 0. The van der Waals surface area contributed by atoms with Gasteiger partial charge in [-0.2, -0.15) is 4.89 Å².